The lowest BCUT2D eigenvalue weighted by atomic mass is 9.84. The van der Waals surface area contributed by atoms with E-state index in [1.807, 2.05) is 6.92 Å². The molecule has 0 aromatic carbocycles. The summed E-state index contributed by atoms with van der Waals surface area (Å²) in [5, 5.41) is 12.2. The SMILES string of the molecule is CCCC(CN)C(=O)NC1CCCC1(C)C(=O)O. The molecule has 1 aliphatic rings. The van der Waals surface area contributed by atoms with Gasteiger partial charge in [0, 0.05) is 12.6 Å². The topological polar surface area (TPSA) is 92.4 Å². The molecule has 1 fully saturated rings. The second-order valence-corrected chi connectivity index (χ2v) is 5.40. The maximum atomic E-state index is 12.0. The molecular formula is C13H24N2O3. The first-order valence-corrected chi connectivity index (χ1v) is 6.69. The van der Waals surface area contributed by atoms with Gasteiger partial charge in [0.15, 0.2) is 0 Å². The largest absolute Gasteiger partial charge is 0.481 e. The smallest absolute Gasteiger partial charge is 0.311 e. The zero-order chi connectivity index (χ0) is 13.8. The molecule has 0 spiro atoms. The highest BCUT2D eigenvalue weighted by molar-refractivity contribution is 5.81. The normalized spacial score (nSPS) is 28.9. The molecule has 104 valence electrons. The number of nitrogens with two attached hydrogens (primary N) is 1. The van der Waals surface area contributed by atoms with Crippen LogP contribution in [0.25, 0.3) is 0 Å². The third-order valence-corrected chi connectivity index (χ3v) is 4.06. The van der Waals surface area contributed by atoms with Gasteiger partial charge in [0.1, 0.15) is 0 Å². The van der Waals surface area contributed by atoms with E-state index in [0.717, 1.165) is 25.7 Å². The predicted molar refractivity (Wildman–Crippen MR) is 69.0 cm³/mol. The van der Waals surface area contributed by atoms with Gasteiger partial charge in [0.25, 0.3) is 0 Å². The molecule has 0 saturated heterocycles. The van der Waals surface area contributed by atoms with E-state index in [4.69, 9.17) is 5.73 Å². The summed E-state index contributed by atoms with van der Waals surface area (Å²) in [5.41, 5.74) is 4.75. The van der Waals surface area contributed by atoms with Crippen LogP contribution in [-0.4, -0.2) is 29.6 Å². The average molecular weight is 256 g/mol. The Kier molecular flexibility index (Phi) is 5.14. The molecule has 4 N–H and O–H groups in total. The van der Waals surface area contributed by atoms with Gasteiger partial charge < -0.3 is 16.2 Å². The van der Waals surface area contributed by atoms with Crippen LogP contribution in [0, 0.1) is 11.3 Å². The summed E-state index contributed by atoms with van der Waals surface area (Å²) in [6.45, 7) is 4.04. The highest BCUT2D eigenvalue weighted by atomic mass is 16.4. The van der Waals surface area contributed by atoms with Crippen molar-refractivity contribution in [1.82, 2.24) is 5.32 Å². The van der Waals surface area contributed by atoms with Crippen molar-refractivity contribution in [2.24, 2.45) is 17.1 Å². The van der Waals surface area contributed by atoms with Crippen LogP contribution in [0.4, 0.5) is 0 Å². The lowest BCUT2D eigenvalue weighted by molar-refractivity contribution is -0.149. The van der Waals surface area contributed by atoms with E-state index < -0.39 is 11.4 Å². The molecule has 0 aliphatic heterocycles. The second kappa shape index (κ2) is 6.18. The van der Waals surface area contributed by atoms with Gasteiger partial charge in [0.05, 0.1) is 11.3 Å². The van der Waals surface area contributed by atoms with Crippen LogP contribution in [0.15, 0.2) is 0 Å². The zero-order valence-electron chi connectivity index (χ0n) is 11.2. The molecule has 0 radical (unpaired) electrons. The Bertz CT molecular complexity index is 319. The van der Waals surface area contributed by atoms with Crippen LogP contribution >= 0.6 is 0 Å². The first kappa shape index (κ1) is 15.0. The molecule has 1 amide bonds. The fourth-order valence-electron chi connectivity index (χ4n) is 2.65. The number of carbonyl (C=O) groups is 2. The maximum absolute atomic E-state index is 12.0. The highest BCUT2D eigenvalue weighted by Gasteiger charge is 2.46. The van der Waals surface area contributed by atoms with Crippen LogP contribution < -0.4 is 11.1 Å². The van der Waals surface area contributed by atoms with Crippen molar-refractivity contribution in [2.45, 2.75) is 52.0 Å². The number of nitrogens with one attached hydrogen (secondary N) is 1. The van der Waals surface area contributed by atoms with Crippen molar-refractivity contribution in [3.05, 3.63) is 0 Å². The van der Waals surface area contributed by atoms with E-state index in [2.05, 4.69) is 5.32 Å². The summed E-state index contributed by atoms with van der Waals surface area (Å²) < 4.78 is 0. The molecule has 1 rings (SSSR count). The van der Waals surface area contributed by atoms with Crippen molar-refractivity contribution in [3.8, 4) is 0 Å². The van der Waals surface area contributed by atoms with Gasteiger partial charge in [-0.25, -0.2) is 0 Å². The van der Waals surface area contributed by atoms with Crippen LogP contribution in [0.5, 0.6) is 0 Å². The number of carbonyl (C=O) groups excluding carboxylic acids is 1. The van der Waals surface area contributed by atoms with Gasteiger partial charge in [0.2, 0.25) is 5.91 Å². The lowest BCUT2D eigenvalue weighted by Gasteiger charge is -2.29. The summed E-state index contributed by atoms with van der Waals surface area (Å²) in [5.74, 6) is -1.13. The molecule has 3 unspecified atom stereocenters. The van der Waals surface area contributed by atoms with Crippen LogP contribution in [-0.2, 0) is 9.59 Å². The fraction of sp³-hybridized carbons (Fsp3) is 0.846. The predicted octanol–water partition coefficient (Wildman–Crippen LogP) is 1.12. The van der Waals surface area contributed by atoms with Crippen molar-refractivity contribution in [2.75, 3.05) is 6.54 Å². The van der Waals surface area contributed by atoms with Crippen LogP contribution in [0.2, 0.25) is 0 Å². The molecule has 1 saturated carbocycles. The third kappa shape index (κ3) is 3.02. The molecule has 0 heterocycles. The maximum Gasteiger partial charge on any atom is 0.311 e. The Balaban J connectivity index is 2.66. The minimum atomic E-state index is -0.832. The second-order valence-electron chi connectivity index (χ2n) is 5.40. The van der Waals surface area contributed by atoms with E-state index in [1.165, 1.54) is 0 Å². The van der Waals surface area contributed by atoms with Gasteiger partial charge in [-0.2, -0.15) is 0 Å². The summed E-state index contributed by atoms with van der Waals surface area (Å²) in [6, 6.07) is -0.270. The highest BCUT2D eigenvalue weighted by Crippen LogP contribution is 2.38. The molecule has 5 nitrogen and oxygen atoms in total. The summed E-state index contributed by atoms with van der Waals surface area (Å²) >= 11 is 0. The standard InChI is InChI=1S/C13H24N2O3/c1-3-5-9(8-14)11(16)15-10-6-4-7-13(10,2)12(17)18/h9-10H,3-8,14H2,1-2H3,(H,15,16)(H,17,18). The Morgan fingerprint density at radius 2 is 2.22 bits per heavy atom. The summed E-state index contributed by atoms with van der Waals surface area (Å²) in [7, 11) is 0. The molecule has 3 atom stereocenters. The minimum absolute atomic E-state index is 0.0984. The average Bonchev–Trinajstić information content (AvgIpc) is 2.69. The summed E-state index contributed by atoms with van der Waals surface area (Å²) in [6.07, 6.45) is 3.84. The molecule has 0 aromatic heterocycles. The van der Waals surface area contributed by atoms with E-state index in [0.29, 0.717) is 13.0 Å². The molecule has 1 aliphatic carbocycles. The van der Waals surface area contributed by atoms with Crippen LogP contribution in [0.1, 0.15) is 46.0 Å². The van der Waals surface area contributed by atoms with Crippen molar-refractivity contribution < 1.29 is 14.7 Å². The quantitative estimate of drug-likeness (QED) is 0.664. The molecule has 18 heavy (non-hydrogen) atoms. The van der Waals surface area contributed by atoms with E-state index >= 15 is 0 Å². The van der Waals surface area contributed by atoms with Gasteiger partial charge in [-0.05, 0) is 26.2 Å². The van der Waals surface area contributed by atoms with Crippen molar-refractivity contribution in [1.29, 1.82) is 0 Å². The Morgan fingerprint density at radius 1 is 1.56 bits per heavy atom. The first-order chi connectivity index (χ1) is 8.45. The number of hydrogen-bond donors (Lipinski definition) is 3. The third-order valence-electron chi connectivity index (χ3n) is 4.06. The summed E-state index contributed by atoms with van der Waals surface area (Å²) in [4.78, 5) is 23.4. The fourth-order valence-corrected chi connectivity index (χ4v) is 2.65. The number of amides is 1. The molecular weight excluding hydrogens is 232 g/mol. The van der Waals surface area contributed by atoms with Gasteiger partial charge in [-0.15, -0.1) is 0 Å². The zero-order valence-corrected chi connectivity index (χ0v) is 11.2. The lowest BCUT2D eigenvalue weighted by Crippen LogP contribution is -2.49. The number of carboxylic acids is 1. The molecule has 0 bridgehead atoms. The van der Waals surface area contributed by atoms with Gasteiger partial charge in [-0.1, -0.05) is 19.8 Å². The first-order valence-electron chi connectivity index (χ1n) is 6.69. The number of aliphatic carboxylic acids is 1. The van der Waals surface area contributed by atoms with E-state index in [1.54, 1.807) is 6.92 Å². The number of carboxylic acid groups (broad SMARTS) is 1. The Hall–Kier alpha value is -1.10. The van der Waals surface area contributed by atoms with E-state index in [-0.39, 0.29) is 17.9 Å². The van der Waals surface area contributed by atoms with Crippen molar-refractivity contribution >= 4 is 11.9 Å². The Morgan fingerprint density at radius 3 is 2.72 bits per heavy atom. The molecule has 5 heteroatoms. The number of rotatable bonds is 6. The molecule has 0 aromatic rings. The Labute approximate surface area is 108 Å². The monoisotopic (exact) mass is 256 g/mol. The minimum Gasteiger partial charge on any atom is -0.481 e. The van der Waals surface area contributed by atoms with Gasteiger partial charge in [-0.3, -0.25) is 9.59 Å². The van der Waals surface area contributed by atoms with Gasteiger partial charge >= 0.3 is 5.97 Å². The van der Waals surface area contributed by atoms with Crippen LogP contribution in [0.3, 0.4) is 0 Å². The number of hydrogen-bond acceptors (Lipinski definition) is 3. The van der Waals surface area contributed by atoms with Crippen molar-refractivity contribution in [3.63, 3.8) is 0 Å². The van der Waals surface area contributed by atoms with E-state index in [9.17, 15) is 14.7 Å².